The van der Waals surface area contributed by atoms with Crippen LogP contribution in [0, 0.1) is 0 Å². The highest BCUT2D eigenvalue weighted by atomic mass is 16.8. The quantitative estimate of drug-likeness (QED) is 0.107. The Hall–Kier alpha value is -1.48. The van der Waals surface area contributed by atoms with Crippen LogP contribution in [0.25, 0.3) is 0 Å². The lowest BCUT2D eigenvalue weighted by molar-refractivity contribution is -0.396. The fourth-order valence-electron chi connectivity index (χ4n) is 11.9. The summed E-state index contributed by atoms with van der Waals surface area (Å²) in [7, 11) is 0. The third-order valence-electron chi connectivity index (χ3n) is 16.7. The Morgan fingerprint density at radius 1 is 0.235 bits per heavy atom. The van der Waals surface area contributed by atoms with Gasteiger partial charge in [0.15, 0.2) is 44.0 Å². The highest BCUT2D eigenvalue weighted by Crippen LogP contribution is 2.39. The van der Waals surface area contributed by atoms with E-state index in [2.05, 4.69) is 10.6 Å². The van der Waals surface area contributed by atoms with Crippen molar-refractivity contribution < 1.29 is 168 Å². The minimum Gasteiger partial charge on any atom is -0.394 e. The fraction of sp³-hybridized carbons (Fsp3) is 1.00. The van der Waals surface area contributed by atoms with Crippen LogP contribution in [-0.2, 0) is 66.3 Å². The Morgan fingerprint density at radius 3 is 0.600 bits per heavy atom. The minimum atomic E-state index is -2.20. The first-order valence-electron chi connectivity index (χ1n) is 28.2. The van der Waals surface area contributed by atoms with Crippen LogP contribution in [0.3, 0.4) is 0 Å². The van der Waals surface area contributed by atoms with Crippen molar-refractivity contribution in [3.63, 3.8) is 0 Å². The molecule has 0 radical (unpaired) electrons. The molecule has 22 heterocycles. The summed E-state index contributed by atoms with van der Waals surface area (Å²) >= 11 is 0. The SMILES string of the molecule is OC[C@H]1O[C@@H]2O[C@H]3[C@H](O)[C@@H](O)[C@@H](O[C@H]4[C@H](O)[C@@H](O)[C@@H](O[C@H]5[C@H](O)[C@@H](O)[C@@H](O[C@H]6[C@H](O)[C@@H](O)[C@@H](O[C@H]7[C@H](O)[C@@H](O)[C@@H](O[C@H]8[C@H](O)[C@@H](O)[C@@H](O[C@H]1[C@H](O)[C@H]2O)O[C@@H]8CO)O[C@@H]7CO)O[C@@H]6CO)O[C@@H]5CN1CCNCCNCC1)O[C@@H]4CO)O[C@@H]3CO. The van der Waals surface area contributed by atoms with Gasteiger partial charge in [-0.3, -0.25) is 4.90 Å². The summed E-state index contributed by atoms with van der Waals surface area (Å²) in [5.74, 6) is 0. The summed E-state index contributed by atoms with van der Waals surface area (Å²) in [5, 5.41) is 231. The molecule has 0 aliphatic carbocycles. The summed E-state index contributed by atoms with van der Waals surface area (Å²) in [6.45, 7) is -3.36. The molecule has 0 aromatic heterocycles. The van der Waals surface area contributed by atoms with Gasteiger partial charge in [-0.1, -0.05) is 0 Å². The van der Waals surface area contributed by atoms with Gasteiger partial charge in [0, 0.05) is 45.8 Å². The van der Waals surface area contributed by atoms with E-state index in [1.807, 2.05) is 4.90 Å². The number of rotatable bonds is 8. The largest absolute Gasteiger partial charge is 0.394 e. The van der Waals surface area contributed by atoms with Gasteiger partial charge in [0.05, 0.1) is 39.6 Å². The van der Waals surface area contributed by atoms with E-state index < -0.39 is 255 Å². The molecule has 35 atom stereocenters. The van der Waals surface area contributed by atoms with Crippen molar-refractivity contribution in [3.8, 4) is 0 Å². The van der Waals surface area contributed by atoms with E-state index >= 15 is 0 Å². The molecule has 0 saturated carbocycles. The summed E-state index contributed by atoms with van der Waals surface area (Å²) in [6, 6.07) is 0. The lowest BCUT2D eigenvalue weighted by Crippen LogP contribution is -2.68. The van der Waals surface area contributed by atoms with E-state index in [0.717, 1.165) is 0 Å². The number of hydrogen-bond donors (Lipinski definition) is 22. The first kappa shape index (κ1) is 67.9. The molecule has 37 nitrogen and oxygen atoms in total. The van der Waals surface area contributed by atoms with Crippen LogP contribution in [-0.4, -0.2) is 407 Å². The Kier molecular flexibility index (Phi) is 23.9. The number of ether oxygens (including phenoxy) is 14. The fourth-order valence-corrected chi connectivity index (χ4v) is 11.9. The summed E-state index contributed by atoms with van der Waals surface area (Å²) < 4.78 is 81.9. The molecular weight excluding hydrogens is 1160 g/mol. The Labute approximate surface area is 483 Å². The molecule has 22 saturated heterocycles. The first-order valence-corrected chi connectivity index (χ1v) is 28.2. The van der Waals surface area contributed by atoms with Crippen molar-refractivity contribution in [2.45, 2.75) is 215 Å². The monoisotopic (exact) mass is 1250 g/mol. The van der Waals surface area contributed by atoms with E-state index in [1.54, 1.807) is 0 Å². The highest BCUT2D eigenvalue weighted by Gasteiger charge is 2.59. The van der Waals surface area contributed by atoms with Crippen molar-refractivity contribution in [1.29, 1.82) is 0 Å². The molecule has 494 valence electrons. The predicted molar refractivity (Wildman–Crippen MR) is 264 cm³/mol. The van der Waals surface area contributed by atoms with Crippen molar-refractivity contribution in [2.24, 2.45) is 0 Å². The second-order valence-electron chi connectivity index (χ2n) is 22.3. The zero-order chi connectivity index (χ0) is 61.3. The molecule has 0 aromatic carbocycles. The molecule has 22 fully saturated rings. The van der Waals surface area contributed by atoms with Gasteiger partial charge in [0.2, 0.25) is 0 Å². The third-order valence-corrected chi connectivity index (χ3v) is 16.7. The topological polar surface area (TPSA) is 561 Å². The Bertz CT molecular complexity index is 2020. The summed E-state index contributed by atoms with van der Waals surface area (Å²) in [5.41, 5.74) is 0. The lowest BCUT2D eigenvalue weighted by Gasteiger charge is -2.50. The Morgan fingerprint density at radius 2 is 0.412 bits per heavy atom. The summed E-state index contributed by atoms with van der Waals surface area (Å²) in [4.78, 5) is 1.87. The second-order valence-corrected chi connectivity index (χ2v) is 22.3. The van der Waals surface area contributed by atoms with Crippen LogP contribution in [0.4, 0.5) is 0 Å². The maximum absolute atomic E-state index is 11.9. The molecular formula is C48H83N3O34. The van der Waals surface area contributed by atoms with Crippen molar-refractivity contribution >= 4 is 0 Å². The molecule has 22 aliphatic rings. The van der Waals surface area contributed by atoms with E-state index in [1.165, 1.54) is 0 Å². The molecule has 22 aliphatic heterocycles. The van der Waals surface area contributed by atoms with Gasteiger partial charge in [0.1, 0.15) is 171 Å². The number of aliphatic hydroxyl groups is 20. The smallest absolute Gasteiger partial charge is 0.187 e. The predicted octanol–water partition coefficient (Wildman–Crippen LogP) is -15.7. The molecule has 22 N–H and O–H groups in total. The minimum absolute atomic E-state index is 0.127. The standard InChI is InChI=1S/C48H83N3O34/c52-8-15-36-23(60)30(67)44(74-15)82-38-17(10-54)76-46(32(69)25(38)62)84-40-19(12-56)78-48(34(71)27(40)64)85-41-20(13-57)77-47(33(70)26(41)63)83-39-18(11-55)75-45(31(68)24(39)61)81-37-16(9-53)73-43(29(66)22(37)59)79-35-14(72-42(80-36)28(65)21(35)58)7-51-5-3-49-1-2-50-4-6-51/h14-50,52-71H,1-13H2/t14-,15-,16-,17-,18-,19-,20-,21-,22-,23-,24-,25-,26-,27-,28-,29-,30-,31-,32-,33-,34-,35-,36-,37-,38-,39-,40-,41-,42-,43-,44-,45-,46-,47-,48-/m1/s1. The molecule has 37 heteroatoms. The number of aliphatic hydroxyl groups excluding tert-OH is 20. The van der Waals surface area contributed by atoms with E-state index in [0.29, 0.717) is 39.3 Å². The van der Waals surface area contributed by atoms with Crippen LogP contribution in [0.1, 0.15) is 0 Å². The number of hydrogen-bond acceptors (Lipinski definition) is 37. The van der Waals surface area contributed by atoms with Gasteiger partial charge in [-0.25, -0.2) is 0 Å². The third kappa shape index (κ3) is 14.3. The zero-order valence-corrected chi connectivity index (χ0v) is 45.5. The number of nitrogens with zero attached hydrogens (tertiary/aromatic N) is 1. The van der Waals surface area contributed by atoms with Gasteiger partial charge in [-0.15, -0.1) is 0 Å². The van der Waals surface area contributed by atoms with Gasteiger partial charge in [-0.05, 0) is 0 Å². The van der Waals surface area contributed by atoms with E-state index in [9.17, 15) is 102 Å². The highest BCUT2D eigenvalue weighted by molar-refractivity contribution is 5.02. The van der Waals surface area contributed by atoms with Crippen molar-refractivity contribution in [3.05, 3.63) is 0 Å². The number of nitrogens with one attached hydrogen (secondary N) is 2. The van der Waals surface area contributed by atoms with E-state index in [-0.39, 0.29) is 6.54 Å². The van der Waals surface area contributed by atoms with Crippen LogP contribution >= 0.6 is 0 Å². The normalized spacial score (nSPS) is 53.0. The second kappa shape index (κ2) is 29.9. The van der Waals surface area contributed by atoms with Crippen LogP contribution in [0.15, 0.2) is 0 Å². The molecule has 0 amide bonds. The average molecular weight is 1250 g/mol. The molecule has 85 heavy (non-hydrogen) atoms. The maximum atomic E-state index is 11.9. The summed E-state index contributed by atoms with van der Waals surface area (Å²) in [6.07, 6.45) is -68.9. The van der Waals surface area contributed by atoms with Crippen molar-refractivity contribution in [2.75, 3.05) is 85.5 Å². The Balaban J connectivity index is 1.02. The lowest BCUT2D eigenvalue weighted by atomic mass is 9.95. The molecule has 22 rings (SSSR count). The van der Waals surface area contributed by atoms with Crippen molar-refractivity contribution in [1.82, 2.24) is 15.5 Å². The maximum Gasteiger partial charge on any atom is 0.187 e. The van der Waals surface area contributed by atoms with E-state index in [4.69, 9.17) is 66.3 Å². The van der Waals surface area contributed by atoms with Gasteiger partial charge in [0.25, 0.3) is 0 Å². The molecule has 14 bridgehead atoms. The van der Waals surface area contributed by atoms with Crippen LogP contribution in [0.2, 0.25) is 0 Å². The average Bonchev–Trinajstić information content (AvgIpc) is 1.53. The van der Waals surface area contributed by atoms with Crippen LogP contribution in [0.5, 0.6) is 0 Å². The van der Waals surface area contributed by atoms with Gasteiger partial charge < -0.3 is 179 Å². The van der Waals surface area contributed by atoms with Crippen LogP contribution < -0.4 is 10.6 Å². The molecule has 0 aromatic rings. The van der Waals surface area contributed by atoms with Gasteiger partial charge in [-0.2, -0.15) is 0 Å². The molecule has 0 unspecified atom stereocenters. The molecule has 0 spiro atoms. The first-order chi connectivity index (χ1) is 40.7. The van der Waals surface area contributed by atoms with Gasteiger partial charge >= 0.3 is 0 Å². The zero-order valence-electron chi connectivity index (χ0n) is 45.5.